The number of anilines is 1. The van der Waals surface area contributed by atoms with Crippen molar-refractivity contribution in [3.8, 4) is 5.75 Å². The molecule has 0 saturated carbocycles. The topological polar surface area (TPSA) is 58.6 Å². The molecule has 3 rings (SSSR count). The van der Waals surface area contributed by atoms with Crippen LogP contribution in [0.4, 0.5) is 5.69 Å². The molecule has 4 heteroatoms. The van der Waals surface area contributed by atoms with E-state index in [0.29, 0.717) is 6.42 Å². The van der Waals surface area contributed by atoms with Crippen molar-refractivity contribution < 1.29 is 14.6 Å². The summed E-state index contributed by atoms with van der Waals surface area (Å²) in [5.41, 5.74) is 2.93. The van der Waals surface area contributed by atoms with Crippen molar-refractivity contribution in [1.29, 1.82) is 0 Å². The van der Waals surface area contributed by atoms with Crippen LogP contribution in [0.3, 0.4) is 0 Å². The molecule has 0 aromatic heterocycles. The summed E-state index contributed by atoms with van der Waals surface area (Å²) in [5.74, 6) is 0.819. The molecule has 0 spiro atoms. The van der Waals surface area contributed by atoms with E-state index in [2.05, 4.69) is 5.32 Å². The SMILES string of the molecule is O=C1Cc2c(ccc3c2OC(CO)CC3)N1. The Hall–Kier alpha value is -1.55. The summed E-state index contributed by atoms with van der Waals surface area (Å²) < 4.78 is 5.73. The van der Waals surface area contributed by atoms with Gasteiger partial charge in [0, 0.05) is 11.3 Å². The van der Waals surface area contributed by atoms with Gasteiger partial charge >= 0.3 is 0 Å². The van der Waals surface area contributed by atoms with Crippen LogP contribution < -0.4 is 10.1 Å². The van der Waals surface area contributed by atoms with Gasteiger partial charge in [0.25, 0.3) is 0 Å². The van der Waals surface area contributed by atoms with Crippen LogP contribution in [0, 0.1) is 0 Å². The highest BCUT2D eigenvalue weighted by molar-refractivity contribution is 6.00. The molecule has 84 valence electrons. The van der Waals surface area contributed by atoms with E-state index in [1.807, 2.05) is 12.1 Å². The minimum absolute atomic E-state index is 0.0121. The smallest absolute Gasteiger partial charge is 0.229 e. The van der Waals surface area contributed by atoms with Crippen LogP contribution in [-0.4, -0.2) is 23.7 Å². The monoisotopic (exact) mass is 219 g/mol. The third-order valence-electron chi connectivity index (χ3n) is 3.18. The van der Waals surface area contributed by atoms with Gasteiger partial charge in [-0.15, -0.1) is 0 Å². The zero-order valence-corrected chi connectivity index (χ0v) is 8.82. The molecule has 2 heterocycles. The number of ether oxygens (including phenoxy) is 1. The van der Waals surface area contributed by atoms with Crippen LogP contribution in [-0.2, 0) is 17.6 Å². The summed E-state index contributed by atoms with van der Waals surface area (Å²) >= 11 is 0. The lowest BCUT2D eigenvalue weighted by atomic mass is 9.98. The summed E-state index contributed by atoms with van der Waals surface area (Å²) in [6.07, 6.45) is 2.00. The maximum atomic E-state index is 11.3. The standard InChI is InChI=1S/C12H13NO3/c14-6-8-3-1-7-2-4-10-9(12(7)16-8)5-11(15)13-10/h2,4,8,14H,1,3,5-6H2,(H,13,15). The number of aliphatic hydroxyl groups excluding tert-OH is 1. The van der Waals surface area contributed by atoms with Crippen molar-refractivity contribution in [3.05, 3.63) is 23.3 Å². The first-order valence-electron chi connectivity index (χ1n) is 5.50. The molecular formula is C12H13NO3. The minimum atomic E-state index is -0.130. The number of carbonyl (C=O) groups excluding carboxylic acids is 1. The van der Waals surface area contributed by atoms with Crippen LogP contribution in [0.15, 0.2) is 12.1 Å². The Kier molecular flexibility index (Phi) is 2.11. The number of carbonyl (C=O) groups is 1. The molecule has 1 unspecified atom stereocenters. The number of benzene rings is 1. The molecule has 0 aliphatic carbocycles. The van der Waals surface area contributed by atoms with Gasteiger partial charge in [-0.2, -0.15) is 0 Å². The van der Waals surface area contributed by atoms with Gasteiger partial charge in [0.2, 0.25) is 5.91 Å². The second-order valence-electron chi connectivity index (χ2n) is 4.27. The molecule has 0 radical (unpaired) electrons. The second-order valence-corrected chi connectivity index (χ2v) is 4.27. The van der Waals surface area contributed by atoms with Gasteiger partial charge in [0.1, 0.15) is 11.9 Å². The van der Waals surface area contributed by atoms with E-state index in [1.165, 1.54) is 0 Å². The summed E-state index contributed by atoms with van der Waals surface area (Å²) in [7, 11) is 0. The van der Waals surface area contributed by atoms with E-state index in [9.17, 15) is 4.79 Å². The van der Waals surface area contributed by atoms with Crippen LogP contribution in [0.1, 0.15) is 17.5 Å². The van der Waals surface area contributed by atoms with Crippen molar-refractivity contribution in [3.63, 3.8) is 0 Å². The number of fused-ring (bicyclic) bond motifs is 3. The van der Waals surface area contributed by atoms with Crippen molar-refractivity contribution in [2.24, 2.45) is 0 Å². The predicted octanol–water partition coefficient (Wildman–Crippen LogP) is 0.867. The fourth-order valence-electron chi connectivity index (χ4n) is 2.34. The van der Waals surface area contributed by atoms with Crippen molar-refractivity contribution in [2.45, 2.75) is 25.4 Å². The lowest BCUT2D eigenvalue weighted by Gasteiger charge is -2.26. The maximum Gasteiger partial charge on any atom is 0.229 e. The number of hydrogen-bond acceptors (Lipinski definition) is 3. The molecule has 1 atom stereocenters. The molecule has 1 aromatic rings. The van der Waals surface area contributed by atoms with E-state index in [4.69, 9.17) is 9.84 Å². The molecular weight excluding hydrogens is 206 g/mol. The number of rotatable bonds is 1. The van der Waals surface area contributed by atoms with Gasteiger partial charge in [0.05, 0.1) is 13.0 Å². The Morgan fingerprint density at radius 1 is 1.50 bits per heavy atom. The Labute approximate surface area is 93.2 Å². The number of aliphatic hydroxyl groups is 1. The third-order valence-corrected chi connectivity index (χ3v) is 3.18. The molecule has 0 saturated heterocycles. The van der Waals surface area contributed by atoms with E-state index in [-0.39, 0.29) is 18.6 Å². The van der Waals surface area contributed by atoms with E-state index in [1.54, 1.807) is 0 Å². The fraction of sp³-hybridized carbons (Fsp3) is 0.417. The Bertz CT molecular complexity index is 456. The van der Waals surface area contributed by atoms with Gasteiger partial charge in [-0.25, -0.2) is 0 Å². The number of aryl methyl sites for hydroxylation is 1. The molecule has 1 amide bonds. The summed E-state index contributed by atoms with van der Waals surface area (Å²) in [6.45, 7) is 0.0322. The molecule has 1 aromatic carbocycles. The first kappa shape index (κ1) is 9.66. The van der Waals surface area contributed by atoms with E-state index in [0.717, 1.165) is 35.4 Å². The Balaban J connectivity index is 2.04. The maximum absolute atomic E-state index is 11.3. The number of nitrogens with one attached hydrogen (secondary N) is 1. The lowest BCUT2D eigenvalue weighted by molar-refractivity contribution is -0.115. The summed E-state index contributed by atoms with van der Waals surface area (Å²) in [6, 6.07) is 3.93. The Morgan fingerprint density at radius 3 is 3.19 bits per heavy atom. The largest absolute Gasteiger partial charge is 0.487 e. The first-order valence-corrected chi connectivity index (χ1v) is 5.50. The van der Waals surface area contributed by atoms with E-state index >= 15 is 0 Å². The average molecular weight is 219 g/mol. The zero-order valence-electron chi connectivity index (χ0n) is 8.82. The normalized spacial score (nSPS) is 22.1. The van der Waals surface area contributed by atoms with Crippen LogP contribution >= 0.6 is 0 Å². The summed E-state index contributed by atoms with van der Waals surface area (Å²) in [5, 5.41) is 11.9. The van der Waals surface area contributed by atoms with Crippen molar-refractivity contribution in [1.82, 2.24) is 0 Å². The Morgan fingerprint density at radius 2 is 2.38 bits per heavy atom. The average Bonchev–Trinajstić information content (AvgIpc) is 2.69. The zero-order chi connectivity index (χ0) is 11.1. The molecule has 2 aliphatic rings. The van der Waals surface area contributed by atoms with Crippen LogP contribution in [0.2, 0.25) is 0 Å². The number of amides is 1. The van der Waals surface area contributed by atoms with Crippen molar-refractivity contribution >= 4 is 11.6 Å². The highest BCUT2D eigenvalue weighted by atomic mass is 16.5. The highest BCUT2D eigenvalue weighted by Gasteiger charge is 2.28. The van der Waals surface area contributed by atoms with Crippen molar-refractivity contribution in [2.75, 3.05) is 11.9 Å². The van der Waals surface area contributed by atoms with Crippen LogP contribution in [0.25, 0.3) is 0 Å². The summed E-state index contributed by atoms with van der Waals surface area (Å²) in [4.78, 5) is 11.3. The third kappa shape index (κ3) is 1.38. The molecule has 4 nitrogen and oxygen atoms in total. The quantitative estimate of drug-likeness (QED) is 0.736. The van der Waals surface area contributed by atoms with Gasteiger partial charge in [-0.1, -0.05) is 6.07 Å². The van der Waals surface area contributed by atoms with Gasteiger partial charge in [-0.3, -0.25) is 4.79 Å². The molecule has 16 heavy (non-hydrogen) atoms. The molecule has 0 fully saturated rings. The molecule has 0 bridgehead atoms. The van der Waals surface area contributed by atoms with Crippen LogP contribution in [0.5, 0.6) is 5.75 Å². The second kappa shape index (κ2) is 3.49. The van der Waals surface area contributed by atoms with Gasteiger partial charge in [-0.05, 0) is 24.5 Å². The van der Waals surface area contributed by atoms with Gasteiger partial charge in [0.15, 0.2) is 0 Å². The highest BCUT2D eigenvalue weighted by Crippen LogP contribution is 2.38. The number of hydrogen-bond donors (Lipinski definition) is 2. The minimum Gasteiger partial charge on any atom is -0.487 e. The van der Waals surface area contributed by atoms with Gasteiger partial charge < -0.3 is 15.2 Å². The lowest BCUT2D eigenvalue weighted by Crippen LogP contribution is -2.26. The first-order chi connectivity index (χ1) is 7.78. The van der Waals surface area contributed by atoms with E-state index < -0.39 is 0 Å². The molecule has 2 N–H and O–H groups in total. The fourth-order valence-corrected chi connectivity index (χ4v) is 2.34. The molecule has 2 aliphatic heterocycles. The predicted molar refractivity (Wildman–Crippen MR) is 58.6 cm³/mol.